The van der Waals surface area contributed by atoms with Gasteiger partial charge in [-0.15, -0.1) is 0 Å². The first-order chi connectivity index (χ1) is 9.10. The molecule has 0 aromatic carbocycles. The second-order valence-corrected chi connectivity index (χ2v) is 5.55. The van der Waals surface area contributed by atoms with Crippen LogP contribution in [0.25, 0.3) is 0 Å². The fraction of sp³-hybridized carbons (Fsp3) is 0.429. The van der Waals surface area contributed by atoms with E-state index >= 15 is 0 Å². The Labute approximate surface area is 117 Å². The summed E-state index contributed by atoms with van der Waals surface area (Å²) in [7, 11) is 0. The molecule has 19 heavy (non-hydrogen) atoms. The van der Waals surface area contributed by atoms with Gasteiger partial charge in [-0.1, -0.05) is 17.4 Å². The van der Waals surface area contributed by atoms with Crippen molar-refractivity contribution in [2.45, 2.75) is 33.4 Å². The van der Waals surface area contributed by atoms with Crippen molar-refractivity contribution in [2.75, 3.05) is 11.4 Å². The number of aliphatic hydroxyl groups excluding tert-OH is 1. The first kappa shape index (κ1) is 14.0. The Kier molecular flexibility index (Phi) is 4.50. The first-order valence-electron chi connectivity index (χ1n) is 6.41. The fourth-order valence-electron chi connectivity index (χ4n) is 1.81. The molecule has 2 aromatic rings. The Morgan fingerprint density at radius 3 is 2.79 bits per heavy atom. The molecule has 0 amide bonds. The molecule has 0 spiro atoms. The average Bonchev–Trinajstić information content (AvgIpc) is 2.85. The maximum Gasteiger partial charge on any atom is 0.185 e. The van der Waals surface area contributed by atoms with Gasteiger partial charge in [0.15, 0.2) is 5.13 Å². The third kappa shape index (κ3) is 3.52. The highest BCUT2D eigenvalue weighted by Crippen LogP contribution is 2.27. The Balaban J connectivity index is 2.15. The van der Waals surface area contributed by atoms with Crippen LogP contribution >= 0.6 is 11.3 Å². The number of aliphatic hydroxyl groups is 1. The number of anilines is 1. The molecule has 2 heterocycles. The van der Waals surface area contributed by atoms with Crippen LogP contribution in [0.1, 0.15) is 36.2 Å². The Morgan fingerprint density at radius 1 is 1.42 bits per heavy atom. The zero-order chi connectivity index (χ0) is 13.8. The van der Waals surface area contributed by atoms with Gasteiger partial charge in [0.1, 0.15) is 0 Å². The Bertz CT molecular complexity index is 539. The van der Waals surface area contributed by atoms with E-state index in [2.05, 4.69) is 21.8 Å². The predicted molar refractivity (Wildman–Crippen MR) is 78.4 cm³/mol. The standard InChI is InChI=1S/C14H19N3OS/c1-4-17(9-12-7-5-6-10(2)16-12)14-15-8-13(19-14)11(3)18/h5-8,11,18H,4,9H2,1-3H3. The molecule has 0 aliphatic heterocycles. The summed E-state index contributed by atoms with van der Waals surface area (Å²) in [6, 6.07) is 6.04. The molecular weight excluding hydrogens is 258 g/mol. The first-order valence-corrected chi connectivity index (χ1v) is 7.23. The zero-order valence-electron chi connectivity index (χ0n) is 11.5. The number of rotatable bonds is 5. The molecule has 0 fully saturated rings. The fourth-order valence-corrected chi connectivity index (χ4v) is 2.73. The van der Waals surface area contributed by atoms with Gasteiger partial charge in [-0.2, -0.15) is 0 Å². The monoisotopic (exact) mass is 277 g/mol. The van der Waals surface area contributed by atoms with Crippen LogP contribution in [0.2, 0.25) is 0 Å². The molecule has 102 valence electrons. The van der Waals surface area contributed by atoms with E-state index in [1.165, 1.54) is 11.3 Å². The number of hydrogen-bond donors (Lipinski definition) is 1. The van der Waals surface area contributed by atoms with Crippen LogP contribution in [0.3, 0.4) is 0 Å². The number of nitrogens with zero attached hydrogens (tertiary/aromatic N) is 3. The van der Waals surface area contributed by atoms with Crippen molar-refractivity contribution in [3.63, 3.8) is 0 Å². The van der Waals surface area contributed by atoms with Gasteiger partial charge in [0.05, 0.1) is 23.2 Å². The summed E-state index contributed by atoms with van der Waals surface area (Å²) >= 11 is 1.53. The summed E-state index contributed by atoms with van der Waals surface area (Å²) in [5.41, 5.74) is 2.06. The summed E-state index contributed by atoms with van der Waals surface area (Å²) in [6.07, 6.45) is 1.29. The Morgan fingerprint density at radius 2 is 2.21 bits per heavy atom. The number of thiazole rings is 1. The van der Waals surface area contributed by atoms with E-state index in [0.29, 0.717) is 0 Å². The molecule has 5 heteroatoms. The summed E-state index contributed by atoms with van der Waals surface area (Å²) in [5, 5.41) is 10.5. The molecule has 0 saturated carbocycles. The van der Waals surface area contributed by atoms with E-state index < -0.39 is 6.10 Å². The highest BCUT2D eigenvalue weighted by atomic mass is 32.1. The molecule has 1 unspecified atom stereocenters. The largest absolute Gasteiger partial charge is 0.388 e. The van der Waals surface area contributed by atoms with Crippen molar-refractivity contribution in [1.82, 2.24) is 9.97 Å². The lowest BCUT2D eigenvalue weighted by molar-refractivity contribution is 0.203. The molecule has 4 nitrogen and oxygen atoms in total. The normalized spacial score (nSPS) is 12.4. The molecular formula is C14H19N3OS. The highest BCUT2D eigenvalue weighted by molar-refractivity contribution is 7.15. The van der Waals surface area contributed by atoms with Gasteiger partial charge < -0.3 is 10.0 Å². The third-order valence-corrected chi connectivity index (χ3v) is 4.10. The van der Waals surface area contributed by atoms with Crippen LogP contribution < -0.4 is 4.90 Å². The highest BCUT2D eigenvalue weighted by Gasteiger charge is 2.13. The van der Waals surface area contributed by atoms with Gasteiger partial charge in [0.2, 0.25) is 0 Å². The molecule has 0 aliphatic carbocycles. The number of aromatic nitrogens is 2. The van der Waals surface area contributed by atoms with Crippen molar-refractivity contribution in [3.05, 3.63) is 40.7 Å². The minimum atomic E-state index is -0.456. The van der Waals surface area contributed by atoms with Crippen LogP contribution in [0.4, 0.5) is 5.13 Å². The third-order valence-electron chi connectivity index (χ3n) is 2.87. The molecule has 0 aliphatic rings. The summed E-state index contributed by atoms with van der Waals surface area (Å²) in [6.45, 7) is 7.46. The molecule has 1 N–H and O–H groups in total. The molecule has 2 rings (SSSR count). The van der Waals surface area contributed by atoms with Crippen molar-refractivity contribution in [2.24, 2.45) is 0 Å². The van der Waals surface area contributed by atoms with Crippen molar-refractivity contribution >= 4 is 16.5 Å². The second-order valence-electron chi connectivity index (χ2n) is 4.51. The number of pyridine rings is 1. The van der Waals surface area contributed by atoms with Crippen LogP contribution in [-0.2, 0) is 6.54 Å². The summed E-state index contributed by atoms with van der Waals surface area (Å²) in [4.78, 5) is 12.0. The van der Waals surface area contributed by atoms with Crippen molar-refractivity contribution in [1.29, 1.82) is 0 Å². The zero-order valence-corrected chi connectivity index (χ0v) is 12.3. The van der Waals surface area contributed by atoms with E-state index in [-0.39, 0.29) is 0 Å². The maximum atomic E-state index is 9.56. The summed E-state index contributed by atoms with van der Waals surface area (Å²) in [5.74, 6) is 0. The van der Waals surface area contributed by atoms with Gasteiger partial charge >= 0.3 is 0 Å². The van der Waals surface area contributed by atoms with Gasteiger partial charge in [-0.3, -0.25) is 4.98 Å². The smallest absolute Gasteiger partial charge is 0.185 e. The number of hydrogen-bond acceptors (Lipinski definition) is 5. The topological polar surface area (TPSA) is 49.2 Å². The lowest BCUT2D eigenvalue weighted by Gasteiger charge is -2.19. The van der Waals surface area contributed by atoms with E-state index in [9.17, 15) is 5.11 Å². The number of aryl methyl sites for hydroxylation is 1. The minimum absolute atomic E-state index is 0.456. The average molecular weight is 277 g/mol. The van der Waals surface area contributed by atoms with Crippen LogP contribution in [-0.4, -0.2) is 21.6 Å². The van der Waals surface area contributed by atoms with Crippen molar-refractivity contribution < 1.29 is 5.11 Å². The minimum Gasteiger partial charge on any atom is -0.388 e. The van der Waals surface area contributed by atoms with Gasteiger partial charge in [-0.05, 0) is 32.9 Å². The predicted octanol–water partition coefficient (Wildman–Crippen LogP) is 2.93. The van der Waals surface area contributed by atoms with Gasteiger partial charge in [0.25, 0.3) is 0 Å². The Hall–Kier alpha value is -1.46. The van der Waals surface area contributed by atoms with Crippen molar-refractivity contribution in [3.8, 4) is 0 Å². The summed E-state index contributed by atoms with van der Waals surface area (Å²) < 4.78 is 0. The van der Waals surface area contributed by atoms with Crippen LogP contribution in [0.15, 0.2) is 24.4 Å². The van der Waals surface area contributed by atoms with E-state index in [0.717, 1.165) is 34.5 Å². The molecule has 0 bridgehead atoms. The second kappa shape index (κ2) is 6.12. The van der Waals surface area contributed by atoms with E-state index in [4.69, 9.17) is 0 Å². The molecule has 0 radical (unpaired) electrons. The molecule has 1 atom stereocenters. The molecule has 2 aromatic heterocycles. The quantitative estimate of drug-likeness (QED) is 0.913. The van der Waals surface area contributed by atoms with Gasteiger partial charge in [-0.25, -0.2) is 4.98 Å². The van der Waals surface area contributed by atoms with E-state index in [1.807, 2.05) is 25.1 Å². The maximum absolute atomic E-state index is 9.56. The van der Waals surface area contributed by atoms with Gasteiger partial charge in [0, 0.05) is 18.4 Å². The SMILES string of the molecule is CCN(Cc1cccc(C)n1)c1ncc(C(C)O)s1. The van der Waals surface area contributed by atoms with Crippen LogP contribution in [0.5, 0.6) is 0 Å². The van der Waals surface area contributed by atoms with Crippen LogP contribution in [0, 0.1) is 6.92 Å². The molecule has 0 saturated heterocycles. The lowest BCUT2D eigenvalue weighted by atomic mass is 10.3. The lowest BCUT2D eigenvalue weighted by Crippen LogP contribution is -2.22. The van der Waals surface area contributed by atoms with E-state index in [1.54, 1.807) is 13.1 Å².